The van der Waals surface area contributed by atoms with E-state index in [1.54, 1.807) is 30.3 Å². The minimum absolute atomic E-state index is 0.00491. The molecule has 0 aromatic heterocycles. The molecule has 2 aliphatic rings. The van der Waals surface area contributed by atoms with Crippen molar-refractivity contribution in [2.75, 3.05) is 6.61 Å². The van der Waals surface area contributed by atoms with Crippen molar-refractivity contribution in [1.29, 1.82) is 0 Å². The Morgan fingerprint density at radius 2 is 1.70 bits per heavy atom. The van der Waals surface area contributed by atoms with E-state index in [0.717, 1.165) is 30.4 Å². The molecule has 0 fully saturated rings. The fourth-order valence-corrected chi connectivity index (χ4v) is 7.40. The van der Waals surface area contributed by atoms with Gasteiger partial charge in [0.1, 0.15) is 5.25 Å². The molecule has 5 heteroatoms. The second-order valence-corrected chi connectivity index (χ2v) is 11.5. The molecular formula is C25H34O4S. The number of benzene rings is 1. The van der Waals surface area contributed by atoms with Crippen molar-refractivity contribution >= 4 is 9.84 Å². The highest BCUT2D eigenvalue weighted by Crippen LogP contribution is 2.50. The zero-order valence-corrected chi connectivity index (χ0v) is 19.2. The number of hydrogen-bond donors (Lipinski definition) is 2. The Balaban J connectivity index is 2.24. The number of aliphatic hydroxyl groups excluding tert-OH is 2. The van der Waals surface area contributed by atoms with Gasteiger partial charge in [0.2, 0.25) is 0 Å². The molecule has 0 radical (unpaired) electrons. The summed E-state index contributed by atoms with van der Waals surface area (Å²) in [6.07, 6.45) is 8.93. The second kappa shape index (κ2) is 8.45. The molecular weight excluding hydrogens is 396 g/mol. The number of allylic oxidation sites excluding steroid dienone is 3. The zero-order chi connectivity index (χ0) is 22.2. The van der Waals surface area contributed by atoms with Crippen molar-refractivity contribution < 1.29 is 18.6 Å². The van der Waals surface area contributed by atoms with Crippen molar-refractivity contribution in [3.05, 3.63) is 65.8 Å². The molecule has 1 aromatic carbocycles. The Morgan fingerprint density at radius 1 is 1.10 bits per heavy atom. The summed E-state index contributed by atoms with van der Waals surface area (Å²) < 4.78 is 28.0. The van der Waals surface area contributed by atoms with Crippen molar-refractivity contribution in [1.82, 2.24) is 0 Å². The van der Waals surface area contributed by atoms with Crippen molar-refractivity contribution in [2.24, 2.45) is 16.7 Å². The zero-order valence-electron chi connectivity index (χ0n) is 18.4. The van der Waals surface area contributed by atoms with Crippen LogP contribution in [-0.4, -0.2) is 36.6 Å². The van der Waals surface area contributed by atoms with Gasteiger partial charge in [0.15, 0.2) is 9.84 Å². The van der Waals surface area contributed by atoms with Gasteiger partial charge < -0.3 is 10.2 Å². The van der Waals surface area contributed by atoms with Crippen LogP contribution in [0, 0.1) is 16.7 Å². The first-order valence-corrected chi connectivity index (χ1v) is 12.2. The second-order valence-electron chi connectivity index (χ2n) is 9.46. The van der Waals surface area contributed by atoms with Gasteiger partial charge in [-0.15, -0.1) is 0 Å². The Bertz CT molecular complexity index is 942. The van der Waals surface area contributed by atoms with Crippen LogP contribution in [-0.2, 0) is 9.84 Å². The first-order chi connectivity index (χ1) is 14.1. The predicted octanol–water partition coefficient (Wildman–Crippen LogP) is 4.46. The van der Waals surface area contributed by atoms with E-state index in [-0.39, 0.29) is 17.4 Å². The molecule has 3 unspecified atom stereocenters. The van der Waals surface area contributed by atoms with Crippen LogP contribution >= 0.6 is 0 Å². The fourth-order valence-electron chi connectivity index (χ4n) is 5.13. The quantitative estimate of drug-likeness (QED) is 0.654. The van der Waals surface area contributed by atoms with Crippen molar-refractivity contribution in [3.63, 3.8) is 0 Å². The summed E-state index contributed by atoms with van der Waals surface area (Å²) in [7, 11) is -3.88. The lowest BCUT2D eigenvalue weighted by atomic mass is 9.63. The molecule has 4 nitrogen and oxygen atoms in total. The van der Waals surface area contributed by atoms with E-state index in [9.17, 15) is 18.6 Å². The van der Waals surface area contributed by atoms with Gasteiger partial charge in [0.25, 0.3) is 0 Å². The van der Waals surface area contributed by atoms with E-state index in [0.29, 0.717) is 0 Å². The maximum absolute atomic E-state index is 14.0. The predicted molar refractivity (Wildman–Crippen MR) is 121 cm³/mol. The summed E-state index contributed by atoms with van der Waals surface area (Å²) in [5.41, 5.74) is 0.405. The number of rotatable bonds is 6. The smallest absolute Gasteiger partial charge is 0.187 e. The summed E-state index contributed by atoms with van der Waals surface area (Å²) in [4.78, 5) is 0.212. The molecule has 0 aliphatic heterocycles. The van der Waals surface area contributed by atoms with Gasteiger partial charge in [-0.25, -0.2) is 8.42 Å². The molecule has 3 atom stereocenters. The largest absolute Gasteiger partial charge is 0.396 e. The molecule has 2 N–H and O–H groups in total. The maximum Gasteiger partial charge on any atom is 0.187 e. The minimum Gasteiger partial charge on any atom is -0.396 e. The van der Waals surface area contributed by atoms with Gasteiger partial charge in [0.05, 0.1) is 11.0 Å². The van der Waals surface area contributed by atoms with Crippen molar-refractivity contribution in [3.8, 4) is 0 Å². The normalized spacial score (nSPS) is 25.2. The lowest BCUT2D eigenvalue weighted by Crippen LogP contribution is -2.50. The molecule has 2 aliphatic carbocycles. The number of sulfone groups is 1. The molecule has 1 aromatic rings. The third kappa shape index (κ3) is 3.95. The van der Waals surface area contributed by atoms with Crippen LogP contribution < -0.4 is 0 Å². The van der Waals surface area contributed by atoms with Crippen LogP contribution in [0.4, 0.5) is 0 Å². The van der Waals surface area contributed by atoms with Gasteiger partial charge in [-0.3, -0.25) is 0 Å². The van der Waals surface area contributed by atoms with Gasteiger partial charge in [0, 0.05) is 12.0 Å². The maximum atomic E-state index is 14.0. The highest BCUT2D eigenvalue weighted by molar-refractivity contribution is 7.92. The van der Waals surface area contributed by atoms with Crippen molar-refractivity contribution in [2.45, 2.75) is 63.2 Å². The third-order valence-corrected chi connectivity index (χ3v) is 9.19. The average molecular weight is 431 g/mol. The topological polar surface area (TPSA) is 74.6 Å². The Kier molecular flexibility index (Phi) is 6.47. The number of hydrogen-bond acceptors (Lipinski definition) is 4. The first-order valence-electron chi connectivity index (χ1n) is 10.7. The van der Waals surface area contributed by atoms with E-state index in [1.807, 2.05) is 52.0 Å². The van der Waals surface area contributed by atoms with Gasteiger partial charge in [-0.2, -0.15) is 0 Å². The van der Waals surface area contributed by atoms with Gasteiger partial charge >= 0.3 is 0 Å². The van der Waals surface area contributed by atoms with Crippen LogP contribution in [0.3, 0.4) is 0 Å². The van der Waals surface area contributed by atoms with E-state index in [2.05, 4.69) is 0 Å². The Labute approximate surface area is 180 Å². The average Bonchev–Trinajstić information content (AvgIpc) is 2.71. The van der Waals surface area contributed by atoms with E-state index in [4.69, 9.17) is 0 Å². The molecule has 164 valence electrons. The molecule has 30 heavy (non-hydrogen) atoms. The monoisotopic (exact) mass is 430 g/mol. The standard InChI is InChI=1S/C25H34O4S/c1-18-13-14-19(17-26)24(2,3)21(18)22(23(27)25(4)15-9-6-10-16-25)30(28,29)20-11-7-5-8-12-20/h5,7-12,15-16,19,22-23,26-27H,6,13-14,17H2,1-4H3. The first kappa shape index (κ1) is 23.0. The molecule has 3 rings (SSSR count). The molecule has 0 saturated heterocycles. The summed E-state index contributed by atoms with van der Waals surface area (Å²) in [6.45, 7) is 7.85. The molecule has 0 bridgehead atoms. The minimum atomic E-state index is -3.88. The van der Waals surface area contributed by atoms with E-state index in [1.165, 1.54) is 0 Å². The fraction of sp³-hybridized carbons (Fsp3) is 0.520. The lowest BCUT2D eigenvalue weighted by Gasteiger charge is -2.47. The third-order valence-electron chi connectivity index (χ3n) is 7.10. The number of aliphatic hydroxyl groups is 2. The molecule has 0 heterocycles. The van der Waals surface area contributed by atoms with Gasteiger partial charge in [-0.05, 0) is 55.2 Å². The lowest BCUT2D eigenvalue weighted by molar-refractivity contribution is 0.0777. The molecule has 0 spiro atoms. The van der Waals surface area contributed by atoms with Crippen LogP contribution in [0.25, 0.3) is 0 Å². The van der Waals surface area contributed by atoms with Crippen LogP contribution in [0.1, 0.15) is 47.0 Å². The molecule has 0 saturated carbocycles. The van der Waals surface area contributed by atoms with Crippen LogP contribution in [0.2, 0.25) is 0 Å². The summed E-state index contributed by atoms with van der Waals surface area (Å²) >= 11 is 0. The molecule has 0 amide bonds. The summed E-state index contributed by atoms with van der Waals surface area (Å²) in [5.74, 6) is -0.0536. The van der Waals surface area contributed by atoms with Crippen LogP contribution in [0.15, 0.2) is 70.7 Å². The summed E-state index contributed by atoms with van der Waals surface area (Å²) in [6, 6.07) is 8.40. The highest BCUT2D eigenvalue weighted by atomic mass is 32.2. The van der Waals surface area contributed by atoms with Crippen LogP contribution in [0.5, 0.6) is 0 Å². The van der Waals surface area contributed by atoms with E-state index < -0.39 is 32.0 Å². The SMILES string of the molecule is CC1=C(C(C(O)C2(C)C=CCC=C2)S(=O)(=O)c2ccccc2)C(C)(C)C(CO)CC1. The van der Waals surface area contributed by atoms with Gasteiger partial charge in [-0.1, -0.05) is 68.8 Å². The Hall–Kier alpha value is -1.69. The van der Waals surface area contributed by atoms with E-state index >= 15 is 0 Å². The highest BCUT2D eigenvalue weighted by Gasteiger charge is 2.51. The summed E-state index contributed by atoms with van der Waals surface area (Å²) in [5, 5.41) is 20.6. The Morgan fingerprint density at radius 3 is 2.27 bits per heavy atom.